The van der Waals surface area contributed by atoms with E-state index in [9.17, 15) is 9.18 Å². The van der Waals surface area contributed by atoms with Crippen LogP contribution < -0.4 is 0 Å². The number of halogens is 1. The van der Waals surface area contributed by atoms with Crippen molar-refractivity contribution in [3.63, 3.8) is 0 Å². The van der Waals surface area contributed by atoms with Crippen LogP contribution in [0.5, 0.6) is 0 Å². The van der Waals surface area contributed by atoms with Crippen molar-refractivity contribution < 1.29 is 9.18 Å². The molecule has 2 aromatic carbocycles. The third-order valence-electron chi connectivity index (χ3n) is 5.36. The van der Waals surface area contributed by atoms with E-state index in [0.717, 1.165) is 34.6 Å². The predicted molar refractivity (Wildman–Crippen MR) is 112 cm³/mol. The van der Waals surface area contributed by atoms with Gasteiger partial charge < -0.3 is 9.88 Å². The van der Waals surface area contributed by atoms with Crippen molar-refractivity contribution in [1.29, 1.82) is 0 Å². The number of thioether (sulfide) groups is 1. The molecule has 9 heteroatoms. The molecule has 1 atom stereocenters. The van der Waals surface area contributed by atoms with Gasteiger partial charge in [0.05, 0.1) is 40.7 Å². The topological polar surface area (TPSA) is 79.7 Å². The average Bonchev–Trinajstić information content (AvgIpc) is 3.52. The summed E-state index contributed by atoms with van der Waals surface area (Å²) in [5.41, 5.74) is 2.50. The molecule has 2 aromatic heterocycles. The maximum absolute atomic E-state index is 14.0. The highest BCUT2D eigenvalue weighted by Gasteiger charge is 2.34. The number of imidazole rings is 1. The molecule has 152 valence electrons. The zero-order valence-electron chi connectivity index (χ0n) is 16.2. The molecule has 4 aromatic rings. The standard InChI is InChI=1S/C21H19FN6OS/c1-30-14-5-6-16-17(12-14)26-20(25-16)19-3-2-10-27(19)21(29)15-11-13(22)4-7-18(15)28-23-8-9-24-28/h4-9,11-12,19H,2-3,10H2,1H3,(H,25,26). The van der Waals surface area contributed by atoms with Gasteiger partial charge in [0.15, 0.2) is 0 Å². The molecule has 0 bridgehead atoms. The lowest BCUT2D eigenvalue weighted by Gasteiger charge is -2.24. The van der Waals surface area contributed by atoms with Crippen LogP contribution in [0.1, 0.15) is 35.1 Å². The number of carbonyl (C=O) groups excluding carboxylic acids is 1. The van der Waals surface area contributed by atoms with Gasteiger partial charge in [0.2, 0.25) is 0 Å². The van der Waals surface area contributed by atoms with Gasteiger partial charge in [-0.1, -0.05) is 0 Å². The van der Waals surface area contributed by atoms with Gasteiger partial charge in [-0.25, -0.2) is 9.37 Å². The second-order valence-electron chi connectivity index (χ2n) is 7.14. The molecule has 3 heterocycles. The van der Waals surface area contributed by atoms with Crippen LogP contribution in [0.15, 0.2) is 53.7 Å². The summed E-state index contributed by atoms with van der Waals surface area (Å²) in [7, 11) is 0. The maximum Gasteiger partial charge on any atom is 0.256 e. The third kappa shape index (κ3) is 3.24. The molecular formula is C21H19FN6OS. The molecule has 1 amide bonds. The Hall–Kier alpha value is -3.20. The molecule has 30 heavy (non-hydrogen) atoms. The summed E-state index contributed by atoms with van der Waals surface area (Å²) < 4.78 is 14.0. The lowest BCUT2D eigenvalue weighted by atomic mass is 10.1. The fourth-order valence-electron chi connectivity index (χ4n) is 3.94. The Balaban J connectivity index is 1.51. The van der Waals surface area contributed by atoms with Crippen LogP contribution in [0.2, 0.25) is 0 Å². The monoisotopic (exact) mass is 422 g/mol. The van der Waals surface area contributed by atoms with E-state index in [1.165, 1.54) is 35.4 Å². The zero-order chi connectivity index (χ0) is 20.7. The molecule has 0 saturated carbocycles. The number of hydrogen-bond acceptors (Lipinski definition) is 5. The first-order chi connectivity index (χ1) is 14.6. The number of fused-ring (bicyclic) bond motifs is 1. The Labute approximate surface area is 176 Å². The largest absolute Gasteiger partial charge is 0.340 e. The van der Waals surface area contributed by atoms with E-state index in [1.54, 1.807) is 16.7 Å². The lowest BCUT2D eigenvalue weighted by Crippen LogP contribution is -2.32. The summed E-state index contributed by atoms with van der Waals surface area (Å²) >= 11 is 1.67. The Morgan fingerprint density at radius 1 is 1.20 bits per heavy atom. The van der Waals surface area contributed by atoms with Gasteiger partial charge >= 0.3 is 0 Å². The first-order valence-corrected chi connectivity index (χ1v) is 10.9. The Bertz CT molecular complexity index is 1220. The van der Waals surface area contributed by atoms with Crippen LogP contribution in [0.3, 0.4) is 0 Å². The van der Waals surface area contributed by atoms with Crippen LogP contribution in [-0.4, -0.2) is 48.6 Å². The van der Waals surface area contributed by atoms with Gasteiger partial charge in [0, 0.05) is 11.4 Å². The minimum absolute atomic E-state index is 0.190. The zero-order valence-corrected chi connectivity index (χ0v) is 17.1. The van der Waals surface area contributed by atoms with Gasteiger partial charge in [-0.15, -0.1) is 11.8 Å². The quantitative estimate of drug-likeness (QED) is 0.503. The number of nitrogens with zero attached hydrogens (tertiary/aromatic N) is 5. The molecule has 1 fully saturated rings. The summed E-state index contributed by atoms with van der Waals surface area (Å²) in [6.45, 7) is 0.582. The molecule has 1 N–H and O–H groups in total. The minimum atomic E-state index is -0.474. The van der Waals surface area contributed by atoms with E-state index in [-0.39, 0.29) is 17.5 Å². The summed E-state index contributed by atoms with van der Waals surface area (Å²) in [6, 6.07) is 9.97. The number of amides is 1. The van der Waals surface area contributed by atoms with Crippen molar-refractivity contribution in [3.8, 4) is 5.69 Å². The average molecular weight is 422 g/mol. The number of benzene rings is 2. The smallest absolute Gasteiger partial charge is 0.256 e. The third-order valence-corrected chi connectivity index (χ3v) is 6.09. The second kappa shape index (κ2) is 7.56. The van der Waals surface area contributed by atoms with E-state index in [4.69, 9.17) is 4.98 Å². The SMILES string of the molecule is CSc1ccc2nc(C3CCCN3C(=O)c3cc(F)ccc3-n3nccn3)[nH]c2c1. The van der Waals surface area contributed by atoms with Crippen LogP contribution in [0.25, 0.3) is 16.7 Å². The summed E-state index contributed by atoms with van der Waals surface area (Å²) in [5, 5.41) is 8.20. The number of aromatic nitrogens is 5. The van der Waals surface area contributed by atoms with Crippen molar-refractivity contribution >= 4 is 28.7 Å². The molecule has 1 aliphatic rings. The fourth-order valence-corrected chi connectivity index (χ4v) is 4.38. The van der Waals surface area contributed by atoms with E-state index >= 15 is 0 Å². The van der Waals surface area contributed by atoms with E-state index in [0.29, 0.717) is 12.2 Å². The number of hydrogen-bond donors (Lipinski definition) is 1. The van der Waals surface area contributed by atoms with Crippen molar-refractivity contribution in [2.75, 3.05) is 12.8 Å². The molecule has 5 rings (SSSR count). The molecule has 1 aliphatic heterocycles. The molecule has 0 radical (unpaired) electrons. The van der Waals surface area contributed by atoms with Crippen LogP contribution in [-0.2, 0) is 0 Å². The van der Waals surface area contributed by atoms with Crippen molar-refractivity contribution in [2.24, 2.45) is 0 Å². The molecule has 0 aliphatic carbocycles. The summed E-state index contributed by atoms with van der Waals surface area (Å²) in [5.74, 6) is 0.0252. The van der Waals surface area contributed by atoms with E-state index in [2.05, 4.69) is 21.2 Å². The van der Waals surface area contributed by atoms with Gasteiger partial charge in [-0.2, -0.15) is 15.0 Å². The molecule has 7 nitrogen and oxygen atoms in total. The first-order valence-electron chi connectivity index (χ1n) is 9.65. The van der Waals surface area contributed by atoms with Crippen LogP contribution in [0.4, 0.5) is 4.39 Å². The Morgan fingerprint density at radius 3 is 2.83 bits per heavy atom. The van der Waals surface area contributed by atoms with E-state index in [1.807, 2.05) is 18.4 Å². The Kier molecular flexibility index (Phi) is 4.74. The Morgan fingerprint density at radius 2 is 2.03 bits per heavy atom. The summed E-state index contributed by atoms with van der Waals surface area (Å²) in [6.07, 6.45) is 6.72. The number of aromatic amines is 1. The highest BCUT2D eigenvalue weighted by atomic mass is 32.2. The van der Waals surface area contributed by atoms with Crippen LogP contribution >= 0.6 is 11.8 Å². The summed E-state index contributed by atoms with van der Waals surface area (Å²) in [4.78, 5) is 25.8. The van der Waals surface area contributed by atoms with Crippen molar-refractivity contribution in [1.82, 2.24) is 29.9 Å². The molecule has 0 spiro atoms. The minimum Gasteiger partial charge on any atom is -0.340 e. The fraction of sp³-hybridized carbons (Fsp3) is 0.238. The second-order valence-corrected chi connectivity index (χ2v) is 8.02. The predicted octanol–water partition coefficient (Wildman–Crippen LogP) is 3.98. The molecular weight excluding hydrogens is 403 g/mol. The van der Waals surface area contributed by atoms with E-state index < -0.39 is 5.82 Å². The van der Waals surface area contributed by atoms with Gasteiger partial charge in [0.25, 0.3) is 5.91 Å². The first kappa shape index (κ1) is 18.8. The van der Waals surface area contributed by atoms with Crippen molar-refractivity contribution in [2.45, 2.75) is 23.8 Å². The number of likely N-dealkylation sites (tertiary alicyclic amines) is 1. The lowest BCUT2D eigenvalue weighted by molar-refractivity contribution is 0.0729. The molecule has 1 saturated heterocycles. The molecule has 1 unspecified atom stereocenters. The number of nitrogens with one attached hydrogen (secondary N) is 1. The highest BCUT2D eigenvalue weighted by Crippen LogP contribution is 2.34. The number of H-pyrrole nitrogens is 1. The van der Waals surface area contributed by atoms with Gasteiger partial charge in [-0.3, -0.25) is 4.79 Å². The number of carbonyl (C=O) groups is 1. The highest BCUT2D eigenvalue weighted by molar-refractivity contribution is 7.98. The van der Waals surface area contributed by atoms with Gasteiger partial charge in [-0.05, 0) is 55.5 Å². The maximum atomic E-state index is 14.0. The van der Waals surface area contributed by atoms with Gasteiger partial charge in [0.1, 0.15) is 11.6 Å². The van der Waals surface area contributed by atoms with Crippen LogP contribution in [0, 0.1) is 5.82 Å². The number of rotatable bonds is 4. The van der Waals surface area contributed by atoms with Crippen molar-refractivity contribution in [3.05, 3.63) is 66.0 Å². The normalized spacial score (nSPS) is 16.5.